The molecule has 0 saturated heterocycles. The van der Waals surface area contributed by atoms with Gasteiger partial charge in [0, 0.05) is 18.9 Å². The topological polar surface area (TPSA) is 0 Å². The molecule has 2 bridgehead atoms. The predicted octanol–water partition coefficient (Wildman–Crippen LogP) is 4.60. The summed E-state index contributed by atoms with van der Waals surface area (Å²) in [7, 11) is 0. The monoisotopic (exact) mass is 338 g/mol. The second-order valence-corrected chi connectivity index (χ2v) is 7.72. The predicted molar refractivity (Wildman–Crippen MR) is 68.7 cm³/mol. The maximum absolute atomic E-state index is 6.20. The second kappa shape index (κ2) is 2.80. The molecule has 0 unspecified atom stereocenters. The van der Waals surface area contributed by atoms with E-state index in [1.54, 1.807) is 0 Å². The Morgan fingerprint density at radius 1 is 1.14 bits per heavy atom. The average molecular weight is 339 g/mol. The van der Waals surface area contributed by atoms with Crippen molar-refractivity contribution < 1.29 is 0 Å². The number of hydrogen-bond acceptors (Lipinski definition) is 0. The zero-order chi connectivity index (χ0) is 9.97. The van der Waals surface area contributed by atoms with Crippen LogP contribution in [-0.4, -0.2) is 3.42 Å². The molecule has 0 aliphatic heterocycles. The minimum Gasteiger partial charge on any atom is -0.0843 e. The molecule has 0 atom stereocenters. The third-order valence-corrected chi connectivity index (χ3v) is 5.17. The van der Waals surface area contributed by atoms with Crippen LogP contribution in [0, 0.1) is 0 Å². The molecular formula is C11H9Cl2I. The molecule has 4 rings (SSSR count). The highest BCUT2D eigenvalue weighted by atomic mass is 127. The highest BCUT2D eigenvalue weighted by Gasteiger charge is 2.67. The van der Waals surface area contributed by atoms with Crippen LogP contribution in [0.4, 0.5) is 0 Å². The molecule has 0 aromatic heterocycles. The summed E-state index contributed by atoms with van der Waals surface area (Å²) < 4.78 is 0.587. The first-order valence-corrected chi connectivity index (χ1v) is 6.51. The van der Waals surface area contributed by atoms with E-state index >= 15 is 0 Å². The molecule has 14 heavy (non-hydrogen) atoms. The molecule has 0 spiro atoms. The van der Waals surface area contributed by atoms with E-state index in [1.807, 2.05) is 18.2 Å². The van der Waals surface area contributed by atoms with Crippen LogP contribution in [0.5, 0.6) is 0 Å². The highest BCUT2D eigenvalue weighted by Crippen LogP contribution is 2.73. The molecule has 3 saturated carbocycles. The Hall–Kier alpha value is 0.530. The van der Waals surface area contributed by atoms with Gasteiger partial charge in [0.1, 0.15) is 0 Å². The van der Waals surface area contributed by atoms with Crippen LogP contribution in [0.25, 0.3) is 0 Å². The number of benzene rings is 1. The molecule has 3 fully saturated rings. The summed E-state index contributed by atoms with van der Waals surface area (Å²) in [5.41, 5.74) is 1.65. The minimum atomic E-state index is 0.378. The van der Waals surface area contributed by atoms with E-state index < -0.39 is 0 Å². The van der Waals surface area contributed by atoms with Gasteiger partial charge < -0.3 is 0 Å². The van der Waals surface area contributed by atoms with Gasteiger partial charge >= 0.3 is 0 Å². The van der Waals surface area contributed by atoms with E-state index in [-0.39, 0.29) is 0 Å². The Labute approximate surface area is 107 Å². The van der Waals surface area contributed by atoms with Crippen molar-refractivity contribution in [3.05, 3.63) is 33.8 Å². The van der Waals surface area contributed by atoms with Gasteiger partial charge in [-0.2, -0.15) is 0 Å². The smallest absolute Gasteiger partial charge is 0.0444 e. The first kappa shape index (κ1) is 9.73. The quantitative estimate of drug-likeness (QED) is 0.518. The molecule has 0 radical (unpaired) electrons. The van der Waals surface area contributed by atoms with Gasteiger partial charge in [-0.15, -0.1) is 0 Å². The van der Waals surface area contributed by atoms with Gasteiger partial charge in [0.2, 0.25) is 0 Å². The molecular weight excluding hydrogens is 330 g/mol. The van der Waals surface area contributed by atoms with E-state index in [9.17, 15) is 0 Å². The molecule has 0 nitrogen and oxygen atoms in total. The number of hydrogen-bond donors (Lipinski definition) is 0. The fourth-order valence-corrected chi connectivity index (χ4v) is 5.53. The van der Waals surface area contributed by atoms with Crippen molar-refractivity contribution in [1.82, 2.24) is 0 Å². The summed E-state index contributed by atoms with van der Waals surface area (Å²) in [6.07, 6.45) is 3.84. The Morgan fingerprint density at radius 2 is 1.79 bits per heavy atom. The normalized spacial score (nSPS) is 38.8. The molecule has 0 heterocycles. The summed E-state index contributed by atoms with van der Waals surface area (Å²) in [6, 6.07) is 5.82. The summed E-state index contributed by atoms with van der Waals surface area (Å²) in [5.74, 6) is 0. The van der Waals surface area contributed by atoms with Crippen molar-refractivity contribution in [1.29, 1.82) is 0 Å². The van der Waals surface area contributed by atoms with Crippen molar-refractivity contribution in [3.63, 3.8) is 0 Å². The van der Waals surface area contributed by atoms with Gasteiger partial charge in [0.15, 0.2) is 0 Å². The van der Waals surface area contributed by atoms with Crippen LogP contribution in [0.2, 0.25) is 10.0 Å². The fraction of sp³-hybridized carbons (Fsp3) is 0.455. The molecule has 3 aliphatic carbocycles. The Balaban J connectivity index is 2.01. The lowest BCUT2D eigenvalue weighted by molar-refractivity contribution is 0.0221. The van der Waals surface area contributed by atoms with Crippen LogP contribution in [-0.2, 0) is 5.41 Å². The molecule has 1 aromatic carbocycles. The molecule has 0 N–H and O–H groups in total. The Morgan fingerprint density at radius 3 is 2.36 bits per heavy atom. The average Bonchev–Trinajstić information content (AvgIpc) is 2.02. The van der Waals surface area contributed by atoms with Gasteiger partial charge in [0.05, 0.1) is 0 Å². The van der Waals surface area contributed by atoms with Gasteiger partial charge in [-0.05, 0) is 43.0 Å². The number of rotatable bonds is 1. The third-order valence-electron chi connectivity index (χ3n) is 3.47. The lowest BCUT2D eigenvalue weighted by atomic mass is 9.42. The standard InChI is InChI=1S/C11H9Cl2I/c12-7-1-2-9(13)8(3-7)10-4-11(14,5-10)6-10/h1-3H,4-6H2. The van der Waals surface area contributed by atoms with Crippen LogP contribution in [0.1, 0.15) is 24.8 Å². The SMILES string of the molecule is Clc1ccc(Cl)c(C23CC(I)(C2)C3)c1. The first-order chi connectivity index (χ1) is 6.53. The Kier molecular flexibility index (Phi) is 1.95. The van der Waals surface area contributed by atoms with Gasteiger partial charge in [0.25, 0.3) is 0 Å². The molecule has 0 amide bonds. The van der Waals surface area contributed by atoms with Gasteiger partial charge in [-0.1, -0.05) is 45.8 Å². The summed E-state index contributed by atoms with van der Waals surface area (Å²) in [5, 5.41) is 1.68. The molecule has 1 aromatic rings. The van der Waals surface area contributed by atoms with Crippen LogP contribution in [0.3, 0.4) is 0 Å². The summed E-state index contributed by atoms with van der Waals surface area (Å²) in [4.78, 5) is 0. The number of alkyl halides is 1. The van der Waals surface area contributed by atoms with Gasteiger partial charge in [-0.25, -0.2) is 0 Å². The second-order valence-electron chi connectivity index (χ2n) is 4.59. The van der Waals surface area contributed by atoms with E-state index in [1.165, 1.54) is 24.8 Å². The Bertz CT molecular complexity index is 394. The molecule has 3 aliphatic rings. The molecule has 74 valence electrons. The maximum atomic E-state index is 6.20. The van der Waals surface area contributed by atoms with Crippen molar-refractivity contribution in [2.24, 2.45) is 0 Å². The third kappa shape index (κ3) is 1.18. The molecule has 3 heteroatoms. The lowest BCUT2D eigenvalue weighted by Gasteiger charge is -2.68. The zero-order valence-electron chi connectivity index (χ0n) is 7.49. The summed E-state index contributed by atoms with van der Waals surface area (Å²) >= 11 is 14.8. The minimum absolute atomic E-state index is 0.378. The first-order valence-electron chi connectivity index (χ1n) is 4.68. The maximum Gasteiger partial charge on any atom is 0.0444 e. The summed E-state index contributed by atoms with van der Waals surface area (Å²) in [6.45, 7) is 0. The lowest BCUT2D eigenvalue weighted by Crippen LogP contribution is -2.66. The van der Waals surface area contributed by atoms with Crippen molar-refractivity contribution >= 4 is 45.8 Å². The van der Waals surface area contributed by atoms with Gasteiger partial charge in [-0.3, -0.25) is 0 Å². The van der Waals surface area contributed by atoms with E-state index in [0.29, 0.717) is 8.84 Å². The van der Waals surface area contributed by atoms with E-state index in [4.69, 9.17) is 23.2 Å². The largest absolute Gasteiger partial charge is 0.0843 e. The van der Waals surface area contributed by atoms with Crippen LogP contribution >= 0.6 is 45.8 Å². The van der Waals surface area contributed by atoms with E-state index in [0.717, 1.165) is 10.0 Å². The van der Waals surface area contributed by atoms with Crippen molar-refractivity contribution in [3.8, 4) is 0 Å². The van der Waals surface area contributed by atoms with E-state index in [2.05, 4.69) is 22.6 Å². The van der Waals surface area contributed by atoms with Crippen LogP contribution < -0.4 is 0 Å². The highest BCUT2D eigenvalue weighted by molar-refractivity contribution is 14.1. The van der Waals surface area contributed by atoms with Crippen molar-refractivity contribution in [2.45, 2.75) is 28.1 Å². The zero-order valence-corrected chi connectivity index (χ0v) is 11.2. The fourth-order valence-electron chi connectivity index (χ4n) is 2.85. The van der Waals surface area contributed by atoms with Crippen LogP contribution in [0.15, 0.2) is 18.2 Å². The number of halogens is 3. The van der Waals surface area contributed by atoms with Crippen molar-refractivity contribution in [2.75, 3.05) is 0 Å².